The maximum atomic E-state index is 12.6. The summed E-state index contributed by atoms with van der Waals surface area (Å²) in [6, 6.07) is 11.9. The van der Waals surface area contributed by atoms with Gasteiger partial charge in [0.25, 0.3) is 5.91 Å². The number of rotatable bonds is 8. The quantitative estimate of drug-likeness (QED) is 0.630. The van der Waals surface area contributed by atoms with E-state index in [2.05, 4.69) is 33.1 Å². The SMILES string of the molecule is CCCCN(CC)c1ccc(C(=O)O)cc1NC(=O)c1ccc(Br)cc1. The van der Waals surface area contributed by atoms with E-state index in [4.69, 9.17) is 0 Å². The average Bonchev–Trinajstić information content (AvgIpc) is 2.63. The molecule has 0 aliphatic rings. The van der Waals surface area contributed by atoms with Gasteiger partial charge in [0.05, 0.1) is 16.9 Å². The molecule has 2 aromatic carbocycles. The normalized spacial score (nSPS) is 10.4. The molecule has 6 heteroatoms. The number of unbranched alkanes of at least 4 members (excludes halogenated alkanes) is 1. The lowest BCUT2D eigenvalue weighted by Gasteiger charge is -2.26. The number of nitrogens with one attached hydrogen (secondary N) is 1. The minimum Gasteiger partial charge on any atom is -0.478 e. The van der Waals surface area contributed by atoms with Crippen molar-refractivity contribution in [3.63, 3.8) is 0 Å². The Balaban J connectivity index is 2.36. The average molecular weight is 419 g/mol. The maximum Gasteiger partial charge on any atom is 0.335 e. The molecule has 0 radical (unpaired) electrons. The van der Waals surface area contributed by atoms with Crippen LogP contribution in [0.1, 0.15) is 47.4 Å². The van der Waals surface area contributed by atoms with Crippen LogP contribution in [-0.2, 0) is 0 Å². The summed E-state index contributed by atoms with van der Waals surface area (Å²) in [6.07, 6.45) is 2.08. The molecule has 0 saturated carbocycles. The van der Waals surface area contributed by atoms with Gasteiger partial charge < -0.3 is 15.3 Å². The zero-order valence-electron chi connectivity index (χ0n) is 15.0. The van der Waals surface area contributed by atoms with Crippen molar-refractivity contribution in [2.75, 3.05) is 23.3 Å². The third kappa shape index (κ3) is 5.08. The van der Waals surface area contributed by atoms with Crippen LogP contribution >= 0.6 is 15.9 Å². The van der Waals surface area contributed by atoms with Crippen LogP contribution in [-0.4, -0.2) is 30.1 Å². The Hall–Kier alpha value is -2.34. The summed E-state index contributed by atoms with van der Waals surface area (Å²) < 4.78 is 0.888. The van der Waals surface area contributed by atoms with Gasteiger partial charge in [0, 0.05) is 23.1 Å². The maximum absolute atomic E-state index is 12.6. The number of hydrogen-bond donors (Lipinski definition) is 2. The molecule has 0 fully saturated rings. The first kappa shape index (κ1) is 20.0. The number of halogens is 1. The van der Waals surface area contributed by atoms with E-state index in [1.165, 1.54) is 6.07 Å². The van der Waals surface area contributed by atoms with Crippen molar-refractivity contribution in [2.24, 2.45) is 0 Å². The topological polar surface area (TPSA) is 69.6 Å². The van der Waals surface area contributed by atoms with Crippen LogP contribution in [0.5, 0.6) is 0 Å². The number of carboxylic acids is 1. The van der Waals surface area contributed by atoms with E-state index in [1.54, 1.807) is 36.4 Å². The van der Waals surface area contributed by atoms with Gasteiger partial charge >= 0.3 is 5.97 Å². The fraction of sp³-hybridized carbons (Fsp3) is 0.300. The summed E-state index contributed by atoms with van der Waals surface area (Å²) in [6.45, 7) is 5.78. The Bertz CT molecular complexity index is 775. The van der Waals surface area contributed by atoms with Crippen molar-refractivity contribution in [3.05, 3.63) is 58.1 Å². The van der Waals surface area contributed by atoms with E-state index in [0.29, 0.717) is 11.3 Å². The summed E-state index contributed by atoms with van der Waals surface area (Å²) in [5, 5.41) is 12.2. The van der Waals surface area contributed by atoms with Gasteiger partial charge in [0.15, 0.2) is 0 Å². The molecule has 0 bridgehead atoms. The third-order valence-electron chi connectivity index (χ3n) is 4.10. The minimum atomic E-state index is -1.02. The van der Waals surface area contributed by atoms with Gasteiger partial charge in [-0.3, -0.25) is 4.79 Å². The smallest absolute Gasteiger partial charge is 0.335 e. The Morgan fingerprint density at radius 2 is 1.73 bits per heavy atom. The molecule has 2 N–H and O–H groups in total. The first-order chi connectivity index (χ1) is 12.5. The van der Waals surface area contributed by atoms with Crippen LogP contribution < -0.4 is 10.2 Å². The second-order valence-electron chi connectivity index (χ2n) is 5.93. The van der Waals surface area contributed by atoms with Crippen molar-refractivity contribution >= 4 is 39.2 Å². The van der Waals surface area contributed by atoms with E-state index < -0.39 is 5.97 Å². The number of aromatic carboxylic acids is 1. The summed E-state index contributed by atoms with van der Waals surface area (Å²) >= 11 is 3.35. The predicted octanol–water partition coefficient (Wildman–Crippen LogP) is 5.03. The molecule has 1 amide bonds. The Labute approximate surface area is 162 Å². The van der Waals surface area contributed by atoms with Crippen molar-refractivity contribution in [1.29, 1.82) is 0 Å². The van der Waals surface area contributed by atoms with Crippen molar-refractivity contribution < 1.29 is 14.7 Å². The predicted molar refractivity (Wildman–Crippen MR) is 108 cm³/mol. The molecule has 138 valence electrons. The molecule has 0 atom stereocenters. The molecule has 0 saturated heterocycles. The second kappa shape index (κ2) is 9.38. The zero-order valence-corrected chi connectivity index (χ0v) is 16.5. The molecule has 0 aromatic heterocycles. The summed E-state index contributed by atoms with van der Waals surface area (Å²) in [5.74, 6) is -1.29. The van der Waals surface area contributed by atoms with Crippen LogP contribution in [0, 0.1) is 0 Å². The molecule has 0 unspecified atom stereocenters. The minimum absolute atomic E-state index is 0.145. The largest absolute Gasteiger partial charge is 0.478 e. The lowest BCUT2D eigenvalue weighted by atomic mass is 10.1. The van der Waals surface area contributed by atoms with E-state index in [-0.39, 0.29) is 11.5 Å². The zero-order chi connectivity index (χ0) is 19.1. The van der Waals surface area contributed by atoms with Crippen LogP contribution in [0.3, 0.4) is 0 Å². The molecule has 26 heavy (non-hydrogen) atoms. The first-order valence-electron chi connectivity index (χ1n) is 8.65. The number of benzene rings is 2. The number of anilines is 2. The Morgan fingerprint density at radius 1 is 1.08 bits per heavy atom. The van der Waals surface area contributed by atoms with Crippen molar-refractivity contribution in [2.45, 2.75) is 26.7 Å². The fourth-order valence-electron chi connectivity index (χ4n) is 2.64. The van der Waals surface area contributed by atoms with E-state index >= 15 is 0 Å². The Kier molecular flexibility index (Phi) is 7.21. The molecular weight excluding hydrogens is 396 g/mol. The van der Waals surface area contributed by atoms with Crippen LogP contribution in [0.25, 0.3) is 0 Å². The number of amides is 1. The van der Waals surface area contributed by atoms with Gasteiger partial charge in [-0.15, -0.1) is 0 Å². The van der Waals surface area contributed by atoms with Crippen molar-refractivity contribution in [3.8, 4) is 0 Å². The highest BCUT2D eigenvalue weighted by molar-refractivity contribution is 9.10. The summed E-state index contributed by atoms with van der Waals surface area (Å²) in [5.41, 5.74) is 2.00. The van der Waals surface area contributed by atoms with E-state index in [1.807, 2.05) is 6.92 Å². The van der Waals surface area contributed by atoms with Gasteiger partial charge in [-0.05, 0) is 55.8 Å². The lowest BCUT2D eigenvalue weighted by molar-refractivity contribution is 0.0696. The number of carbonyl (C=O) groups is 2. The molecular formula is C20H23BrN2O3. The fourth-order valence-corrected chi connectivity index (χ4v) is 2.90. The van der Waals surface area contributed by atoms with Gasteiger partial charge in [0.2, 0.25) is 0 Å². The standard InChI is InChI=1S/C20H23BrN2O3/c1-3-5-12-23(4-2)18-11-8-15(20(25)26)13-17(18)22-19(24)14-6-9-16(21)10-7-14/h6-11,13H,3-5,12H2,1-2H3,(H,22,24)(H,25,26). The van der Waals surface area contributed by atoms with Crippen LogP contribution in [0.2, 0.25) is 0 Å². The van der Waals surface area contributed by atoms with Crippen LogP contribution in [0.4, 0.5) is 11.4 Å². The van der Waals surface area contributed by atoms with Gasteiger partial charge in [-0.2, -0.15) is 0 Å². The van der Waals surface area contributed by atoms with E-state index in [9.17, 15) is 14.7 Å². The van der Waals surface area contributed by atoms with Crippen molar-refractivity contribution in [1.82, 2.24) is 0 Å². The Morgan fingerprint density at radius 3 is 2.31 bits per heavy atom. The second-order valence-corrected chi connectivity index (χ2v) is 6.85. The first-order valence-corrected chi connectivity index (χ1v) is 9.44. The van der Waals surface area contributed by atoms with Crippen LogP contribution in [0.15, 0.2) is 46.9 Å². The number of hydrogen-bond acceptors (Lipinski definition) is 3. The highest BCUT2D eigenvalue weighted by atomic mass is 79.9. The van der Waals surface area contributed by atoms with Gasteiger partial charge in [-0.25, -0.2) is 4.79 Å². The molecule has 2 rings (SSSR count). The third-order valence-corrected chi connectivity index (χ3v) is 4.63. The highest BCUT2D eigenvalue weighted by Gasteiger charge is 2.16. The molecule has 2 aromatic rings. The lowest BCUT2D eigenvalue weighted by Crippen LogP contribution is -2.26. The van der Waals surface area contributed by atoms with Gasteiger partial charge in [-0.1, -0.05) is 29.3 Å². The highest BCUT2D eigenvalue weighted by Crippen LogP contribution is 2.28. The number of carboxylic acid groups (broad SMARTS) is 1. The van der Waals surface area contributed by atoms with Gasteiger partial charge in [0.1, 0.15) is 0 Å². The molecule has 0 aliphatic carbocycles. The molecule has 0 spiro atoms. The van der Waals surface area contributed by atoms with E-state index in [0.717, 1.165) is 36.1 Å². The molecule has 5 nitrogen and oxygen atoms in total. The summed E-state index contributed by atoms with van der Waals surface area (Å²) in [4.78, 5) is 26.1. The summed E-state index contributed by atoms with van der Waals surface area (Å²) in [7, 11) is 0. The monoisotopic (exact) mass is 418 g/mol. The molecule has 0 heterocycles. The molecule has 0 aliphatic heterocycles. The number of carbonyl (C=O) groups excluding carboxylic acids is 1. The number of nitrogens with zero attached hydrogens (tertiary/aromatic N) is 1.